The Balaban J connectivity index is 1.64. The van der Waals surface area contributed by atoms with Gasteiger partial charge in [0.2, 0.25) is 5.91 Å². The summed E-state index contributed by atoms with van der Waals surface area (Å²) in [4.78, 5) is 12.1. The Hall–Kier alpha value is -2.20. The SMILES string of the molecule is Cc1cc2c(cc1CNC(=O)Cc1ccccc1Cl)OCCO2. The fourth-order valence-electron chi connectivity index (χ4n) is 2.49. The van der Waals surface area contributed by atoms with Crippen molar-refractivity contribution in [2.45, 2.75) is 19.9 Å². The van der Waals surface area contributed by atoms with Crippen LogP contribution in [-0.2, 0) is 17.8 Å². The predicted octanol–water partition coefficient (Wildman–Crippen LogP) is 3.28. The molecule has 0 aliphatic carbocycles. The number of ether oxygens (including phenoxy) is 2. The average Bonchev–Trinajstić information content (AvgIpc) is 2.55. The molecule has 3 rings (SSSR count). The number of amides is 1. The molecule has 0 aromatic heterocycles. The molecule has 2 aromatic rings. The molecular weight excluding hydrogens is 314 g/mol. The Morgan fingerprint density at radius 3 is 2.57 bits per heavy atom. The van der Waals surface area contributed by atoms with E-state index in [2.05, 4.69) is 5.32 Å². The molecule has 1 N–H and O–H groups in total. The van der Waals surface area contributed by atoms with Gasteiger partial charge in [-0.3, -0.25) is 4.79 Å². The number of carbonyl (C=O) groups is 1. The predicted molar refractivity (Wildman–Crippen MR) is 89.2 cm³/mol. The van der Waals surface area contributed by atoms with Gasteiger partial charge in [-0.05, 0) is 41.8 Å². The molecule has 0 unspecified atom stereocenters. The third kappa shape index (κ3) is 3.77. The van der Waals surface area contributed by atoms with E-state index >= 15 is 0 Å². The van der Waals surface area contributed by atoms with Crippen LogP contribution >= 0.6 is 11.6 Å². The molecule has 120 valence electrons. The highest BCUT2D eigenvalue weighted by atomic mass is 35.5. The fourth-order valence-corrected chi connectivity index (χ4v) is 2.70. The molecule has 1 heterocycles. The van der Waals surface area contributed by atoms with Crippen molar-refractivity contribution in [1.82, 2.24) is 5.32 Å². The quantitative estimate of drug-likeness (QED) is 0.935. The second kappa shape index (κ2) is 6.92. The summed E-state index contributed by atoms with van der Waals surface area (Å²) in [7, 11) is 0. The zero-order valence-electron chi connectivity index (χ0n) is 12.9. The summed E-state index contributed by atoms with van der Waals surface area (Å²) in [5.74, 6) is 1.43. The van der Waals surface area contributed by atoms with Gasteiger partial charge in [-0.15, -0.1) is 0 Å². The molecular formula is C18H18ClNO3. The van der Waals surface area contributed by atoms with Crippen molar-refractivity contribution >= 4 is 17.5 Å². The Kier molecular flexibility index (Phi) is 4.72. The van der Waals surface area contributed by atoms with Gasteiger partial charge in [-0.2, -0.15) is 0 Å². The maximum absolute atomic E-state index is 12.1. The molecule has 0 fully saturated rings. The zero-order chi connectivity index (χ0) is 16.2. The lowest BCUT2D eigenvalue weighted by molar-refractivity contribution is -0.120. The minimum absolute atomic E-state index is 0.0626. The monoisotopic (exact) mass is 331 g/mol. The molecule has 0 saturated carbocycles. The number of benzene rings is 2. The van der Waals surface area contributed by atoms with Crippen LogP contribution in [0, 0.1) is 6.92 Å². The van der Waals surface area contributed by atoms with Crippen LogP contribution in [0.1, 0.15) is 16.7 Å². The second-order valence-corrected chi connectivity index (χ2v) is 5.87. The lowest BCUT2D eigenvalue weighted by atomic mass is 10.1. The fraction of sp³-hybridized carbons (Fsp3) is 0.278. The van der Waals surface area contributed by atoms with Gasteiger partial charge in [0.05, 0.1) is 6.42 Å². The van der Waals surface area contributed by atoms with E-state index in [-0.39, 0.29) is 12.3 Å². The van der Waals surface area contributed by atoms with E-state index in [1.165, 1.54) is 0 Å². The first-order chi connectivity index (χ1) is 11.1. The third-order valence-electron chi connectivity index (χ3n) is 3.79. The van der Waals surface area contributed by atoms with Crippen LogP contribution in [0.3, 0.4) is 0 Å². The highest BCUT2D eigenvalue weighted by molar-refractivity contribution is 6.31. The van der Waals surface area contributed by atoms with Crippen LogP contribution in [0.15, 0.2) is 36.4 Å². The number of hydrogen-bond donors (Lipinski definition) is 1. The average molecular weight is 332 g/mol. The number of hydrogen-bond acceptors (Lipinski definition) is 3. The summed E-state index contributed by atoms with van der Waals surface area (Å²) >= 11 is 6.08. The molecule has 0 spiro atoms. The number of aryl methyl sites for hydroxylation is 1. The number of fused-ring (bicyclic) bond motifs is 1. The molecule has 23 heavy (non-hydrogen) atoms. The van der Waals surface area contributed by atoms with Crippen molar-refractivity contribution < 1.29 is 14.3 Å². The van der Waals surface area contributed by atoms with Crippen molar-refractivity contribution in [3.8, 4) is 11.5 Å². The van der Waals surface area contributed by atoms with Crippen LogP contribution in [0.5, 0.6) is 11.5 Å². The van der Waals surface area contributed by atoms with Crippen LogP contribution < -0.4 is 14.8 Å². The molecule has 2 aromatic carbocycles. The van der Waals surface area contributed by atoms with E-state index in [4.69, 9.17) is 21.1 Å². The van der Waals surface area contributed by atoms with Crippen molar-refractivity contribution in [1.29, 1.82) is 0 Å². The van der Waals surface area contributed by atoms with E-state index in [9.17, 15) is 4.79 Å². The number of rotatable bonds is 4. The van der Waals surface area contributed by atoms with Crippen molar-refractivity contribution in [2.75, 3.05) is 13.2 Å². The van der Waals surface area contributed by atoms with E-state index < -0.39 is 0 Å². The smallest absolute Gasteiger partial charge is 0.224 e. The van der Waals surface area contributed by atoms with Crippen LogP contribution in [0.25, 0.3) is 0 Å². The first-order valence-corrected chi connectivity index (χ1v) is 7.90. The molecule has 0 bridgehead atoms. The lowest BCUT2D eigenvalue weighted by Gasteiger charge is -2.20. The topological polar surface area (TPSA) is 47.6 Å². The van der Waals surface area contributed by atoms with Gasteiger partial charge in [-0.1, -0.05) is 29.8 Å². The lowest BCUT2D eigenvalue weighted by Crippen LogP contribution is -2.25. The van der Waals surface area contributed by atoms with Crippen LogP contribution in [-0.4, -0.2) is 19.1 Å². The number of carbonyl (C=O) groups excluding carboxylic acids is 1. The van der Waals surface area contributed by atoms with Gasteiger partial charge in [0.15, 0.2) is 11.5 Å². The van der Waals surface area contributed by atoms with Gasteiger partial charge < -0.3 is 14.8 Å². The van der Waals surface area contributed by atoms with E-state index in [0.717, 1.165) is 28.2 Å². The maximum Gasteiger partial charge on any atom is 0.224 e. The molecule has 0 saturated heterocycles. The van der Waals surface area contributed by atoms with Gasteiger partial charge in [0.25, 0.3) is 0 Å². The van der Waals surface area contributed by atoms with Gasteiger partial charge in [0.1, 0.15) is 13.2 Å². The second-order valence-electron chi connectivity index (χ2n) is 5.47. The summed E-state index contributed by atoms with van der Waals surface area (Å²) in [6.45, 7) is 3.56. The minimum Gasteiger partial charge on any atom is -0.486 e. The van der Waals surface area contributed by atoms with E-state index in [1.54, 1.807) is 6.07 Å². The van der Waals surface area contributed by atoms with E-state index in [1.807, 2.05) is 37.3 Å². The molecule has 0 atom stereocenters. The molecule has 4 nitrogen and oxygen atoms in total. The first-order valence-electron chi connectivity index (χ1n) is 7.52. The molecule has 0 radical (unpaired) electrons. The van der Waals surface area contributed by atoms with Crippen LogP contribution in [0.4, 0.5) is 0 Å². The Bertz CT molecular complexity index is 730. The molecule has 1 aliphatic rings. The standard InChI is InChI=1S/C18H18ClNO3/c1-12-8-16-17(23-7-6-22-16)9-14(12)11-20-18(21)10-13-4-2-3-5-15(13)19/h2-5,8-9H,6-7,10-11H2,1H3,(H,20,21). The highest BCUT2D eigenvalue weighted by Crippen LogP contribution is 2.32. The highest BCUT2D eigenvalue weighted by Gasteiger charge is 2.14. The molecule has 1 aliphatic heterocycles. The summed E-state index contributed by atoms with van der Waals surface area (Å²) in [5.41, 5.74) is 2.90. The molecule has 1 amide bonds. The normalized spacial score (nSPS) is 12.8. The Labute approximate surface area is 140 Å². The number of nitrogens with one attached hydrogen (secondary N) is 1. The summed E-state index contributed by atoms with van der Waals surface area (Å²) in [6, 6.07) is 11.2. The van der Waals surface area contributed by atoms with E-state index in [0.29, 0.717) is 24.8 Å². The van der Waals surface area contributed by atoms with Crippen molar-refractivity contribution in [3.05, 3.63) is 58.1 Å². The Morgan fingerprint density at radius 1 is 1.13 bits per heavy atom. The van der Waals surface area contributed by atoms with Gasteiger partial charge in [0, 0.05) is 11.6 Å². The maximum atomic E-state index is 12.1. The zero-order valence-corrected chi connectivity index (χ0v) is 13.7. The summed E-state index contributed by atoms with van der Waals surface area (Å²) in [6.07, 6.45) is 0.267. The van der Waals surface area contributed by atoms with Gasteiger partial charge >= 0.3 is 0 Å². The van der Waals surface area contributed by atoms with Crippen molar-refractivity contribution in [2.24, 2.45) is 0 Å². The van der Waals surface area contributed by atoms with Crippen LogP contribution in [0.2, 0.25) is 5.02 Å². The largest absolute Gasteiger partial charge is 0.486 e. The number of halogens is 1. The minimum atomic E-state index is -0.0626. The Morgan fingerprint density at radius 2 is 1.83 bits per heavy atom. The summed E-state index contributed by atoms with van der Waals surface area (Å²) in [5, 5.41) is 3.54. The van der Waals surface area contributed by atoms with Gasteiger partial charge in [-0.25, -0.2) is 0 Å². The third-order valence-corrected chi connectivity index (χ3v) is 4.15. The summed E-state index contributed by atoms with van der Waals surface area (Å²) < 4.78 is 11.1. The first kappa shape index (κ1) is 15.7. The van der Waals surface area contributed by atoms with Crippen molar-refractivity contribution in [3.63, 3.8) is 0 Å². The molecule has 5 heteroatoms.